The van der Waals surface area contributed by atoms with Crippen LogP contribution in [0.3, 0.4) is 0 Å². The van der Waals surface area contributed by atoms with Gasteiger partial charge in [0.1, 0.15) is 11.4 Å². The van der Waals surface area contributed by atoms with Crippen molar-refractivity contribution in [2.75, 3.05) is 0 Å². The molecule has 2 aromatic heterocycles. The molecule has 0 aliphatic heterocycles. The molecule has 0 saturated heterocycles. The number of rotatable bonds is 5. The standard InChI is InChI=1S/C30H21N3O/c1-2-8-21(9-3-1)22-13-15-23(16-14-22)24-18-25(30-27-10-4-5-11-28(27)32-33-30)20-26(19-24)34-29-12-6-7-17-31-29/h1-20H,(H,32,33). The first-order chi connectivity index (χ1) is 16.8. The summed E-state index contributed by atoms with van der Waals surface area (Å²) in [4.78, 5) is 4.32. The molecule has 0 saturated carbocycles. The van der Waals surface area contributed by atoms with Gasteiger partial charge in [-0.2, -0.15) is 5.10 Å². The molecule has 6 aromatic rings. The summed E-state index contributed by atoms with van der Waals surface area (Å²) < 4.78 is 6.14. The summed E-state index contributed by atoms with van der Waals surface area (Å²) in [5, 5.41) is 8.82. The highest BCUT2D eigenvalue weighted by molar-refractivity contribution is 5.94. The van der Waals surface area contributed by atoms with E-state index in [0.717, 1.165) is 33.3 Å². The third kappa shape index (κ3) is 3.93. The van der Waals surface area contributed by atoms with Crippen molar-refractivity contribution in [1.29, 1.82) is 0 Å². The minimum atomic E-state index is 0.553. The van der Waals surface area contributed by atoms with Gasteiger partial charge < -0.3 is 4.74 Å². The Kier molecular flexibility index (Phi) is 5.09. The number of para-hydroxylation sites is 1. The summed E-state index contributed by atoms with van der Waals surface area (Å²) in [6.45, 7) is 0. The molecule has 0 bridgehead atoms. The topological polar surface area (TPSA) is 50.8 Å². The molecule has 1 N–H and O–H groups in total. The summed E-state index contributed by atoms with van der Waals surface area (Å²) in [5.74, 6) is 1.27. The first kappa shape index (κ1) is 19.9. The Morgan fingerprint density at radius 1 is 0.559 bits per heavy atom. The van der Waals surface area contributed by atoms with Gasteiger partial charge in [-0.15, -0.1) is 0 Å². The molecule has 0 fully saturated rings. The number of nitrogens with zero attached hydrogens (tertiary/aromatic N) is 2. The molecule has 0 atom stereocenters. The van der Waals surface area contributed by atoms with E-state index in [2.05, 4.69) is 75.8 Å². The minimum absolute atomic E-state index is 0.553. The Bertz CT molecular complexity index is 1560. The van der Waals surface area contributed by atoms with Crippen molar-refractivity contribution in [3.05, 3.63) is 121 Å². The van der Waals surface area contributed by atoms with Crippen molar-refractivity contribution < 1.29 is 4.74 Å². The van der Waals surface area contributed by atoms with Gasteiger partial charge in [0.15, 0.2) is 0 Å². The smallest absolute Gasteiger partial charge is 0.219 e. The van der Waals surface area contributed by atoms with Crippen LogP contribution in [0.2, 0.25) is 0 Å². The van der Waals surface area contributed by atoms with E-state index in [4.69, 9.17) is 4.74 Å². The van der Waals surface area contributed by atoms with Crippen molar-refractivity contribution in [2.45, 2.75) is 0 Å². The van der Waals surface area contributed by atoms with E-state index in [-0.39, 0.29) is 0 Å². The average Bonchev–Trinajstić information content (AvgIpc) is 3.34. The second kappa shape index (κ2) is 8.68. The molecule has 4 heteroatoms. The van der Waals surface area contributed by atoms with Crippen LogP contribution in [0.4, 0.5) is 0 Å². The summed E-state index contributed by atoms with van der Waals surface area (Å²) in [5.41, 5.74) is 7.41. The van der Waals surface area contributed by atoms with E-state index in [9.17, 15) is 0 Å². The lowest BCUT2D eigenvalue weighted by molar-refractivity contribution is 0.463. The first-order valence-electron chi connectivity index (χ1n) is 11.2. The largest absolute Gasteiger partial charge is 0.439 e. The second-order valence-corrected chi connectivity index (χ2v) is 8.08. The maximum absolute atomic E-state index is 6.14. The van der Waals surface area contributed by atoms with Gasteiger partial charge in [-0.3, -0.25) is 5.10 Å². The van der Waals surface area contributed by atoms with Crippen molar-refractivity contribution >= 4 is 10.9 Å². The molecule has 162 valence electrons. The Labute approximate surface area is 197 Å². The molecule has 4 nitrogen and oxygen atoms in total. The minimum Gasteiger partial charge on any atom is -0.439 e. The van der Waals surface area contributed by atoms with Crippen LogP contribution in [0.1, 0.15) is 0 Å². The van der Waals surface area contributed by atoms with Crippen molar-refractivity contribution in [3.63, 3.8) is 0 Å². The fraction of sp³-hybridized carbons (Fsp3) is 0. The van der Waals surface area contributed by atoms with Crippen LogP contribution in [0.5, 0.6) is 11.6 Å². The number of aromatic amines is 1. The van der Waals surface area contributed by atoms with E-state index in [1.807, 2.05) is 54.6 Å². The summed E-state index contributed by atoms with van der Waals surface area (Å²) in [6.07, 6.45) is 1.73. The molecule has 0 aliphatic carbocycles. The van der Waals surface area contributed by atoms with Gasteiger partial charge in [0.05, 0.1) is 5.52 Å². The monoisotopic (exact) mass is 439 g/mol. The number of nitrogens with one attached hydrogen (secondary N) is 1. The van der Waals surface area contributed by atoms with Crippen molar-refractivity contribution in [3.8, 4) is 45.1 Å². The fourth-order valence-electron chi connectivity index (χ4n) is 4.16. The Hall–Kier alpha value is -4.70. The van der Waals surface area contributed by atoms with Gasteiger partial charge >= 0.3 is 0 Å². The van der Waals surface area contributed by atoms with Crippen LogP contribution < -0.4 is 4.74 Å². The predicted molar refractivity (Wildman–Crippen MR) is 137 cm³/mol. The average molecular weight is 440 g/mol. The lowest BCUT2D eigenvalue weighted by Gasteiger charge is -2.11. The van der Waals surface area contributed by atoms with Gasteiger partial charge in [0.2, 0.25) is 5.88 Å². The van der Waals surface area contributed by atoms with Gasteiger partial charge in [-0.05, 0) is 52.6 Å². The van der Waals surface area contributed by atoms with Gasteiger partial charge in [0, 0.05) is 23.2 Å². The SMILES string of the molecule is c1ccc(-c2ccc(-c3cc(Oc4ccccn4)cc(-c4n[nH]c5ccccc45)c3)cc2)cc1. The number of benzene rings is 4. The van der Waals surface area contributed by atoms with Crippen LogP contribution >= 0.6 is 0 Å². The Morgan fingerprint density at radius 2 is 1.24 bits per heavy atom. The second-order valence-electron chi connectivity index (χ2n) is 8.08. The van der Waals surface area contributed by atoms with Gasteiger partial charge in [-0.1, -0.05) is 78.9 Å². The molecule has 34 heavy (non-hydrogen) atoms. The molecule has 0 amide bonds. The molecule has 0 unspecified atom stereocenters. The van der Waals surface area contributed by atoms with E-state index >= 15 is 0 Å². The summed E-state index contributed by atoms with van der Waals surface area (Å²) in [7, 11) is 0. The normalized spacial score (nSPS) is 10.9. The highest BCUT2D eigenvalue weighted by Gasteiger charge is 2.13. The summed E-state index contributed by atoms with van der Waals surface area (Å²) in [6, 6.07) is 39.0. The van der Waals surface area contributed by atoms with Gasteiger partial charge in [-0.25, -0.2) is 4.98 Å². The molecular weight excluding hydrogens is 418 g/mol. The number of hydrogen-bond acceptors (Lipinski definition) is 3. The zero-order valence-corrected chi connectivity index (χ0v) is 18.3. The van der Waals surface area contributed by atoms with Gasteiger partial charge in [0.25, 0.3) is 0 Å². The van der Waals surface area contributed by atoms with E-state index < -0.39 is 0 Å². The zero-order valence-electron chi connectivity index (χ0n) is 18.3. The van der Waals surface area contributed by atoms with Crippen molar-refractivity contribution in [2.24, 2.45) is 0 Å². The molecular formula is C30H21N3O. The molecule has 2 heterocycles. The Balaban J connectivity index is 1.45. The molecule has 0 spiro atoms. The van der Waals surface area contributed by atoms with Crippen molar-refractivity contribution in [1.82, 2.24) is 15.2 Å². The number of ether oxygens (including phenoxy) is 1. The zero-order chi connectivity index (χ0) is 22.7. The quantitative estimate of drug-likeness (QED) is 0.299. The molecule has 6 rings (SSSR count). The summed E-state index contributed by atoms with van der Waals surface area (Å²) >= 11 is 0. The lowest BCUT2D eigenvalue weighted by Crippen LogP contribution is -1.90. The molecule has 4 aromatic carbocycles. The van der Waals surface area contributed by atoms with E-state index in [0.29, 0.717) is 11.6 Å². The van der Waals surface area contributed by atoms with E-state index in [1.54, 1.807) is 6.20 Å². The highest BCUT2D eigenvalue weighted by atomic mass is 16.5. The number of fused-ring (bicyclic) bond motifs is 1. The number of aromatic nitrogens is 3. The Morgan fingerprint density at radius 3 is 2.03 bits per heavy atom. The third-order valence-corrected chi connectivity index (χ3v) is 5.84. The van der Waals surface area contributed by atoms with Crippen LogP contribution in [-0.2, 0) is 0 Å². The maximum atomic E-state index is 6.14. The number of H-pyrrole nitrogens is 1. The third-order valence-electron chi connectivity index (χ3n) is 5.84. The molecule has 0 radical (unpaired) electrons. The first-order valence-corrected chi connectivity index (χ1v) is 11.2. The van der Waals surface area contributed by atoms with Crippen LogP contribution in [-0.4, -0.2) is 15.2 Å². The fourth-order valence-corrected chi connectivity index (χ4v) is 4.16. The van der Waals surface area contributed by atoms with Crippen LogP contribution in [0.25, 0.3) is 44.4 Å². The highest BCUT2D eigenvalue weighted by Crippen LogP contribution is 2.35. The predicted octanol–water partition coefficient (Wildman–Crippen LogP) is 7.75. The number of pyridine rings is 1. The maximum Gasteiger partial charge on any atom is 0.219 e. The lowest BCUT2D eigenvalue weighted by atomic mass is 9.97. The van der Waals surface area contributed by atoms with Crippen LogP contribution in [0.15, 0.2) is 121 Å². The van der Waals surface area contributed by atoms with E-state index in [1.165, 1.54) is 11.1 Å². The number of hydrogen-bond donors (Lipinski definition) is 1. The van der Waals surface area contributed by atoms with Crippen LogP contribution in [0, 0.1) is 0 Å². The molecule has 0 aliphatic rings.